The molecule has 1 rings (SSSR count). The molecule has 0 spiro atoms. The molecular formula is C12H14FNO3. The molecule has 92 valence electrons. The minimum atomic E-state index is -0.906. The summed E-state index contributed by atoms with van der Waals surface area (Å²) in [4.78, 5) is 23.4. The summed E-state index contributed by atoms with van der Waals surface area (Å²) in [6.07, 6.45) is 0.348. The molecule has 4 nitrogen and oxygen atoms in total. The molecule has 0 atom stereocenters. The van der Waals surface area contributed by atoms with Crippen LogP contribution in [0.5, 0.6) is 0 Å². The Kier molecular flexibility index (Phi) is 4.63. The van der Waals surface area contributed by atoms with E-state index in [9.17, 15) is 14.0 Å². The highest BCUT2D eigenvalue weighted by Gasteiger charge is 2.15. The zero-order chi connectivity index (χ0) is 12.8. The zero-order valence-electron chi connectivity index (χ0n) is 9.52. The minimum Gasteiger partial charge on any atom is -0.481 e. The average molecular weight is 239 g/mol. The number of nitrogens with zero attached hydrogens (tertiary/aromatic N) is 1. The molecule has 1 N–H and O–H groups in total. The topological polar surface area (TPSA) is 57.6 Å². The molecular weight excluding hydrogens is 225 g/mol. The lowest BCUT2D eigenvalue weighted by Gasteiger charge is -2.16. The van der Waals surface area contributed by atoms with Gasteiger partial charge in [0, 0.05) is 20.0 Å². The van der Waals surface area contributed by atoms with Crippen LogP contribution in [0.25, 0.3) is 0 Å². The van der Waals surface area contributed by atoms with Gasteiger partial charge in [0.25, 0.3) is 5.91 Å². The van der Waals surface area contributed by atoms with Gasteiger partial charge in [-0.2, -0.15) is 0 Å². The average Bonchev–Trinajstić information content (AvgIpc) is 2.28. The highest BCUT2D eigenvalue weighted by Crippen LogP contribution is 2.09. The Morgan fingerprint density at radius 1 is 1.35 bits per heavy atom. The van der Waals surface area contributed by atoms with Crippen molar-refractivity contribution in [3.63, 3.8) is 0 Å². The fraction of sp³-hybridized carbons (Fsp3) is 0.333. The molecule has 1 aromatic rings. The Labute approximate surface area is 98.7 Å². The molecule has 0 fully saturated rings. The van der Waals surface area contributed by atoms with Gasteiger partial charge in [0.2, 0.25) is 0 Å². The maximum atomic E-state index is 13.3. The number of halogens is 1. The number of carbonyl (C=O) groups is 2. The van der Waals surface area contributed by atoms with Crippen LogP contribution < -0.4 is 0 Å². The summed E-state index contributed by atoms with van der Waals surface area (Å²) in [5, 5.41) is 8.46. The Hall–Kier alpha value is -1.91. The SMILES string of the molecule is CN(CCCC(=O)O)C(=O)c1ccccc1F. The van der Waals surface area contributed by atoms with Crippen molar-refractivity contribution in [1.82, 2.24) is 4.90 Å². The van der Waals surface area contributed by atoms with Crippen LogP contribution in [0, 0.1) is 5.82 Å². The van der Waals surface area contributed by atoms with Gasteiger partial charge in [0.05, 0.1) is 5.56 Å². The molecule has 0 aliphatic heterocycles. The highest BCUT2D eigenvalue weighted by atomic mass is 19.1. The monoisotopic (exact) mass is 239 g/mol. The molecule has 0 aliphatic carbocycles. The maximum absolute atomic E-state index is 13.3. The standard InChI is InChI=1S/C12H14FNO3/c1-14(8-4-7-11(15)16)12(17)9-5-2-3-6-10(9)13/h2-3,5-6H,4,7-8H2,1H3,(H,15,16). The van der Waals surface area contributed by atoms with Gasteiger partial charge in [-0.3, -0.25) is 9.59 Å². The van der Waals surface area contributed by atoms with E-state index in [-0.39, 0.29) is 12.0 Å². The lowest BCUT2D eigenvalue weighted by atomic mass is 10.2. The van der Waals surface area contributed by atoms with E-state index >= 15 is 0 Å². The van der Waals surface area contributed by atoms with Crippen LogP contribution in [0.4, 0.5) is 4.39 Å². The van der Waals surface area contributed by atoms with Crippen molar-refractivity contribution in [2.45, 2.75) is 12.8 Å². The molecule has 1 amide bonds. The predicted octanol–water partition coefficient (Wildman–Crippen LogP) is 1.76. The van der Waals surface area contributed by atoms with Gasteiger partial charge >= 0.3 is 5.97 Å². The van der Waals surface area contributed by atoms with Crippen molar-refractivity contribution in [1.29, 1.82) is 0 Å². The minimum absolute atomic E-state index is 0.00493. The van der Waals surface area contributed by atoms with Crippen molar-refractivity contribution in [3.8, 4) is 0 Å². The summed E-state index contributed by atoms with van der Waals surface area (Å²) < 4.78 is 13.3. The van der Waals surface area contributed by atoms with Crippen molar-refractivity contribution in [2.24, 2.45) is 0 Å². The first-order valence-corrected chi connectivity index (χ1v) is 5.24. The number of amides is 1. The van der Waals surface area contributed by atoms with Gasteiger partial charge in [-0.15, -0.1) is 0 Å². The van der Waals surface area contributed by atoms with Crippen LogP contribution in [-0.2, 0) is 4.79 Å². The fourth-order valence-corrected chi connectivity index (χ4v) is 1.41. The normalized spacial score (nSPS) is 10.0. The Morgan fingerprint density at radius 2 is 2.00 bits per heavy atom. The molecule has 1 aromatic carbocycles. The summed E-state index contributed by atoms with van der Waals surface area (Å²) >= 11 is 0. The third kappa shape index (κ3) is 3.86. The molecule has 0 aromatic heterocycles. The lowest BCUT2D eigenvalue weighted by Crippen LogP contribution is -2.28. The molecule has 5 heteroatoms. The molecule has 0 unspecified atom stereocenters. The van der Waals surface area contributed by atoms with E-state index < -0.39 is 17.7 Å². The zero-order valence-corrected chi connectivity index (χ0v) is 9.52. The smallest absolute Gasteiger partial charge is 0.303 e. The lowest BCUT2D eigenvalue weighted by molar-refractivity contribution is -0.137. The molecule has 0 heterocycles. The van der Waals surface area contributed by atoms with Crippen LogP contribution >= 0.6 is 0 Å². The molecule has 0 bridgehead atoms. The van der Waals surface area contributed by atoms with Gasteiger partial charge in [-0.1, -0.05) is 12.1 Å². The van der Waals surface area contributed by atoms with Crippen molar-refractivity contribution in [3.05, 3.63) is 35.6 Å². The molecule has 0 radical (unpaired) electrons. The van der Waals surface area contributed by atoms with Crippen LogP contribution in [0.15, 0.2) is 24.3 Å². The van der Waals surface area contributed by atoms with E-state index in [0.29, 0.717) is 13.0 Å². The van der Waals surface area contributed by atoms with Gasteiger partial charge in [-0.05, 0) is 18.6 Å². The molecule has 0 saturated heterocycles. The second kappa shape index (κ2) is 5.98. The van der Waals surface area contributed by atoms with Gasteiger partial charge in [0.15, 0.2) is 0 Å². The summed E-state index contributed by atoms with van der Waals surface area (Å²) in [6.45, 7) is 0.291. The van der Waals surface area contributed by atoms with E-state index in [1.807, 2.05) is 0 Å². The number of benzene rings is 1. The van der Waals surface area contributed by atoms with Crippen LogP contribution in [0.2, 0.25) is 0 Å². The number of carbonyl (C=O) groups excluding carboxylic acids is 1. The Morgan fingerprint density at radius 3 is 2.59 bits per heavy atom. The summed E-state index contributed by atoms with van der Waals surface area (Å²) in [5.74, 6) is -1.91. The molecule has 0 saturated carbocycles. The van der Waals surface area contributed by atoms with Crippen molar-refractivity contribution in [2.75, 3.05) is 13.6 Å². The first kappa shape index (κ1) is 13.2. The third-order valence-corrected chi connectivity index (χ3v) is 2.34. The van der Waals surface area contributed by atoms with Gasteiger partial charge < -0.3 is 10.0 Å². The number of rotatable bonds is 5. The number of aliphatic carboxylic acids is 1. The van der Waals surface area contributed by atoms with E-state index in [2.05, 4.69) is 0 Å². The van der Waals surface area contributed by atoms with Gasteiger partial charge in [0.1, 0.15) is 5.82 Å². The largest absolute Gasteiger partial charge is 0.481 e. The van der Waals surface area contributed by atoms with Crippen LogP contribution in [0.3, 0.4) is 0 Å². The van der Waals surface area contributed by atoms with Gasteiger partial charge in [-0.25, -0.2) is 4.39 Å². The van der Waals surface area contributed by atoms with Crippen LogP contribution in [0.1, 0.15) is 23.2 Å². The van der Waals surface area contributed by atoms with E-state index in [0.717, 1.165) is 0 Å². The van der Waals surface area contributed by atoms with E-state index in [1.165, 1.54) is 30.1 Å². The summed E-state index contributed by atoms with van der Waals surface area (Å²) in [5.41, 5.74) is 0.00493. The second-order valence-electron chi connectivity index (χ2n) is 3.70. The predicted molar refractivity (Wildman–Crippen MR) is 60.2 cm³/mol. The first-order valence-electron chi connectivity index (χ1n) is 5.24. The molecule has 17 heavy (non-hydrogen) atoms. The highest BCUT2D eigenvalue weighted by molar-refractivity contribution is 5.94. The third-order valence-electron chi connectivity index (χ3n) is 2.34. The number of hydrogen-bond donors (Lipinski definition) is 1. The number of carboxylic acids is 1. The Bertz CT molecular complexity index is 420. The quantitative estimate of drug-likeness (QED) is 0.851. The van der Waals surface area contributed by atoms with Crippen molar-refractivity contribution >= 4 is 11.9 Å². The van der Waals surface area contributed by atoms with E-state index in [4.69, 9.17) is 5.11 Å². The Balaban J connectivity index is 2.58. The second-order valence-corrected chi connectivity index (χ2v) is 3.70. The van der Waals surface area contributed by atoms with Crippen LogP contribution in [-0.4, -0.2) is 35.5 Å². The number of hydrogen-bond acceptors (Lipinski definition) is 2. The van der Waals surface area contributed by atoms with E-state index in [1.54, 1.807) is 6.07 Å². The maximum Gasteiger partial charge on any atom is 0.303 e. The molecule has 0 aliphatic rings. The summed E-state index contributed by atoms with van der Waals surface area (Å²) in [7, 11) is 1.52. The first-order chi connectivity index (χ1) is 8.02. The van der Waals surface area contributed by atoms with Crippen molar-refractivity contribution < 1.29 is 19.1 Å². The fourth-order valence-electron chi connectivity index (χ4n) is 1.41. The number of carboxylic acid groups (broad SMARTS) is 1. The summed E-state index contributed by atoms with van der Waals surface area (Å²) in [6, 6.07) is 5.72.